The van der Waals surface area contributed by atoms with Crippen molar-refractivity contribution in [3.05, 3.63) is 36.4 Å². The van der Waals surface area contributed by atoms with Gasteiger partial charge in [0.25, 0.3) is 0 Å². The molecule has 0 bridgehead atoms. The molecule has 0 aromatic carbocycles. The number of aldehydes is 2. The zero-order valence-corrected chi connectivity index (χ0v) is 9.31. The Morgan fingerprint density at radius 3 is 2.61 bits per heavy atom. The molecule has 0 aliphatic heterocycles. The molecule has 3 N–H and O–H groups in total. The smallest absolute Gasteiger partial charge is 0.237 e. The van der Waals surface area contributed by atoms with E-state index < -0.39 is 5.91 Å². The van der Waals surface area contributed by atoms with Gasteiger partial charge in [-0.25, -0.2) is 9.97 Å². The number of nitrogens with zero attached hydrogens (tertiary/aromatic N) is 3. The predicted octanol–water partition coefficient (Wildman–Crippen LogP) is -0.597. The van der Waals surface area contributed by atoms with Gasteiger partial charge in [0.15, 0.2) is 12.6 Å². The van der Waals surface area contributed by atoms with Crippen LogP contribution in [0.1, 0.15) is 21.0 Å². The molecule has 2 aromatic rings. The number of hydrogen-bond donors (Lipinski definition) is 2. The number of aromatic nitrogens is 4. The molecule has 0 saturated heterocycles. The van der Waals surface area contributed by atoms with E-state index in [1.165, 1.54) is 29.6 Å². The molecule has 8 nitrogen and oxygen atoms in total. The van der Waals surface area contributed by atoms with Crippen LogP contribution in [0.3, 0.4) is 0 Å². The van der Waals surface area contributed by atoms with Crippen LogP contribution in [0.25, 0.3) is 0 Å². The van der Waals surface area contributed by atoms with Crippen LogP contribution in [0.4, 0.5) is 0 Å². The Balaban J connectivity index is 0.000000199. The minimum atomic E-state index is -0.458. The zero-order valence-electron chi connectivity index (χ0n) is 9.31. The molecule has 0 fully saturated rings. The van der Waals surface area contributed by atoms with E-state index >= 15 is 0 Å². The summed E-state index contributed by atoms with van der Waals surface area (Å²) in [4.78, 5) is 40.2. The molecule has 1 amide bonds. The maximum absolute atomic E-state index is 10.4. The molecule has 0 saturated carbocycles. The number of nitrogens with two attached hydrogens (primary N) is 1. The number of hydrogen-bond acceptors (Lipinski definition) is 5. The van der Waals surface area contributed by atoms with Gasteiger partial charge in [0.05, 0.1) is 24.5 Å². The van der Waals surface area contributed by atoms with E-state index in [1.807, 2.05) is 0 Å². The van der Waals surface area contributed by atoms with Gasteiger partial charge >= 0.3 is 0 Å². The first kappa shape index (κ1) is 13.3. The van der Waals surface area contributed by atoms with Gasteiger partial charge in [-0.2, -0.15) is 0 Å². The molecular formula is C10H11N5O3. The summed E-state index contributed by atoms with van der Waals surface area (Å²) in [6.45, 7) is 0.0564. The van der Waals surface area contributed by atoms with E-state index in [1.54, 1.807) is 0 Å². The van der Waals surface area contributed by atoms with Crippen molar-refractivity contribution in [2.24, 2.45) is 5.73 Å². The van der Waals surface area contributed by atoms with Crippen molar-refractivity contribution in [2.45, 2.75) is 6.54 Å². The summed E-state index contributed by atoms with van der Waals surface area (Å²) < 4.78 is 1.45. The van der Waals surface area contributed by atoms with Crippen molar-refractivity contribution in [3.8, 4) is 0 Å². The van der Waals surface area contributed by atoms with Gasteiger partial charge in [-0.05, 0) is 0 Å². The van der Waals surface area contributed by atoms with Crippen molar-refractivity contribution in [2.75, 3.05) is 0 Å². The summed E-state index contributed by atoms with van der Waals surface area (Å²) in [5.41, 5.74) is 5.71. The molecule has 0 aliphatic rings. The average molecular weight is 249 g/mol. The van der Waals surface area contributed by atoms with Gasteiger partial charge in [-0.1, -0.05) is 0 Å². The molecule has 0 unspecified atom stereocenters. The summed E-state index contributed by atoms with van der Waals surface area (Å²) >= 11 is 0. The first-order valence-electron chi connectivity index (χ1n) is 4.84. The number of aromatic amines is 1. The summed E-state index contributed by atoms with van der Waals surface area (Å²) in [6.07, 6.45) is 7.09. The number of carbonyl (C=O) groups excluding carboxylic acids is 3. The fraction of sp³-hybridized carbons (Fsp3) is 0.100. The highest BCUT2D eigenvalue weighted by molar-refractivity contribution is 5.74. The number of nitrogens with one attached hydrogen (secondary N) is 1. The number of rotatable bonds is 4. The van der Waals surface area contributed by atoms with Crippen molar-refractivity contribution in [1.82, 2.24) is 19.5 Å². The van der Waals surface area contributed by atoms with Gasteiger partial charge in [0.1, 0.15) is 12.2 Å². The van der Waals surface area contributed by atoms with Crippen LogP contribution in [0.5, 0.6) is 0 Å². The van der Waals surface area contributed by atoms with Gasteiger partial charge in [-0.15, -0.1) is 0 Å². The fourth-order valence-electron chi connectivity index (χ4n) is 1.04. The van der Waals surface area contributed by atoms with Crippen LogP contribution < -0.4 is 5.73 Å². The fourth-order valence-corrected chi connectivity index (χ4v) is 1.04. The Bertz CT molecular complexity index is 517. The second-order valence-electron chi connectivity index (χ2n) is 3.18. The quantitative estimate of drug-likeness (QED) is 0.700. The SMILES string of the molecule is NC(=O)Cn1cnc(C=O)c1.O=Cc1cnc[nH]1. The van der Waals surface area contributed by atoms with Gasteiger partial charge < -0.3 is 15.3 Å². The Hall–Kier alpha value is -2.77. The van der Waals surface area contributed by atoms with Gasteiger partial charge in [0, 0.05) is 6.20 Å². The lowest BCUT2D eigenvalue weighted by atomic mass is 10.5. The van der Waals surface area contributed by atoms with Gasteiger partial charge in [-0.3, -0.25) is 14.4 Å². The molecule has 0 radical (unpaired) electrons. The third-order valence-electron chi connectivity index (χ3n) is 1.76. The highest BCUT2D eigenvalue weighted by atomic mass is 16.1. The van der Waals surface area contributed by atoms with Crippen LogP contribution in [0.2, 0.25) is 0 Å². The first-order valence-corrected chi connectivity index (χ1v) is 4.84. The Labute approximate surface area is 102 Å². The lowest BCUT2D eigenvalue weighted by Gasteiger charge is -1.93. The lowest BCUT2D eigenvalue weighted by molar-refractivity contribution is -0.118. The Kier molecular flexibility index (Phi) is 4.98. The van der Waals surface area contributed by atoms with Crippen molar-refractivity contribution < 1.29 is 14.4 Å². The van der Waals surface area contributed by atoms with Gasteiger partial charge in [0.2, 0.25) is 5.91 Å². The number of imidazole rings is 2. The van der Waals surface area contributed by atoms with Crippen LogP contribution in [-0.2, 0) is 11.3 Å². The maximum Gasteiger partial charge on any atom is 0.237 e. The van der Waals surface area contributed by atoms with Crippen LogP contribution >= 0.6 is 0 Å². The van der Waals surface area contributed by atoms with E-state index in [9.17, 15) is 14.4 Å². The number of amides is 1. The molecule has 8 heteroatoms. The molecule has 2 heterocycles. The van der Waals surface area contributed by atoms with E-state index in [2.05, 4.69) is 15.0 Å². The largest absolute Gasteiger partial charge is 0.368 e. The Morgan fingerprint density at radius 1 is 1.44 bits per heavy atom. The monoisotopic (exact) mass is 249 g/mol. The van der Waals surface area contributed by atoms with Crippen molar-refractivity contribution in [1.29, 1.82) is 0 Å². The predicted molar refractivity (Wildman–Crippen MR) is 60.8 cm³/mol. The summed E-state index contributed by atoms with van der Waals surface area (Å²) in [5, 5.41) is 0. The average Bonchev–Trinajstić information content (AvgIpc) is 2.98. The minimum Gasteiger partial charge on any atom is -0.368 e. The maximum atomic E-state index is 10.4. The molecular weight excluding hydrogens is 238 g/mol. The Morgan fingerprint density at radius 2 is 2.22 bits per heavy atom. The molecule has 94 valence electrons. The second-order valence-corrected chi connectivity index (χ2v) is 3.18. The van der Waals surface area contributed by atoms with E-state index in [4.69, 9.17) is 5.73 Å². The standard InChI is InChI=1S/C6H7N3O2.C4H4N2O/c7-6(11)2-9-1-5(3-10)8-4-9;7-2-4-1-5-3-6-4/h1,3-4H,2H2,(H2,7,11);1-3H,(H,5,6). The molecule has 0 atom stereocenters. The molecule has 2 rings (SSSR count). The van der Waals surface area contributed by atoms with E-state index in [0.717, 1.165) is 0 Å². The number of carbonyl (C=O) groups is 3. The van der Waals surface area contributed by atoms with Crippen LogP contribution in [0, 0.1) is 0 Å². The lowest BCUT2D eigenvalue weighted by Crippen LogP contribution is -2.17. The second kappa shape index (κ2) is 6.74. The molecule has 0 aliphatic carbocycles. The highest BCUT2D eigenvalue weighted by Crippen LogP contribution is 1.91. The topological polar surface area (TPSA) is 124 Å². The van der Waals surface area contributed by atoms with Crippen molar-refractivity contribution >= 4 is 18.5 Å². The molecule has 2 aromatic heterocycles. The number of H-pyrrole nitrogens is 1. The third kappa shape index (κ3) is 4.39. The van der Waals surface area contributed by atoms with Crippen molar-refractivity contribution in [3.63, 3.8) is 0 Å². The summed E-state index contributed by atoms with van der Waals surface area (Å²) in [7, 11) is 0. The third-order valence-corrected chi connectivity index (χ3v) is 1.76. The normalized spacial score (nSPS) is 9.11. The van der Waals surface area contributed by atoms with E-state index in [0.29, 0.717) is 24.0 Å². The zero-order chi connectivity index (χ0) is 13.4. The summed E-state index contributed by atoms with van der Waals surface area (Å²) in [6, 6.07) is 0. The first-order chi connectivity index (χ1) is 8.65. The molecule has 18 heavy (non-hydrogen) atoms. The van der Waals surface area contributed by atoms with Crippen LogP contribution in [-0.4, -0.2) is 38.0 Å². The number of primary amides is 1. The summed E-state index contributed by atoms with van der Waals surface area (Å²) in [5.74, 6) is -0.458. The van der Waals surface area contributed by atoms with Crippen LogP contribution in [0.15, 0.2) is 25.0 Å². The minimum absolute atomic E-state index is 0.0564. The molecule has 0 spiro atoms. The highest BCUT2D eigenvalue weighted by Gasteiger charge is 1.98. The van der Waals surface area contributed by atoms with E-state index in [-0.39, 0.29) is 6.54 Å².